The van der Waals surface area contributed by atoms with Crippen molar-refractivity contribution < 1.29 is 31.1 Å². The quantitative estimate of drug-likeness (QED) is 0.550. The van der Waals surface area contributed by atoms with Crippen molar-refractivity contribution in [2.45, 2.75) is 43.3 Å². The second-order valence-corrected chi connectivity index (χ2v) is 9.07. The highest BCUT2D eigenvalue weighted by Gasteiger charge is 2.66. The van der Waals surface area contributed by atoms with Crippen LogP contribution < -0.4 is 5.32 Å². The first-order valence-electron chi connectivity index (χ1n) is 10.9. The molecule has 0 radical (unpaired) electrons. The molecule has 2 aromatic carbocycles. The molecule has 10 heteroatoms. The molecule has 0 spiro atoms. The normalized spacial score (nSPS) is 25.1. The van der Waals surface area contributed by atoms with Gasteiger partial charge < -0.3 is 15.1 Å². The Kier molecular flexibility index (Phi) is 5.86. The summed E-state index contributed by atoms with van der Waals surface area (Å²) in [5, 5.41) is 3.33. The molecular formula is C24H25F6N3O. The topological polar surface area (TPSA) is 35.6 Å². The molecule has 34 heavy (non-hydrogen) atoms. The molecular weight excluding hydrogens is 460 g/mol. The number of hydrogen-bond acceptors (Lipinski definition) is 2. The first-order valence-corrected chi connectivity index (χ1v) is 10.9. The van der Waals surface area contributed by atoms with Crippen LogP contribution >= 0.6 is 0 Å². The van der Waals surface area contributed by atoms with Crippen LogP contribution in [0.25, 0.3) is 0 Å². The number of fused-ring (bicyclic) bond motifs is 1. The van der Waals surface area contributed by atoms with Crippen LogP contribution in [-0.2, 0) is 12.4 Å². The third kappa shape index (κ3) is 4.12. The highest BCUT2D eigenvalue weighted by atomic mass is 19.4. The van der Waals surface area contributed by atoms with E-state index in [1.165, 1.54) is 18.9 Å². The first kappa shape index (κ1) is 24.4. The van der Waals surface area contributed by atoms with Gasteiger partial charge in [0.15, 0.2) is 0 Å². The molecule has 1 aliphatic heterocycles. The van der Waals surface area contributed by atoms with E-state index in [0.29, 0.717) is 18.7 Å². The minimum atomic E-state index is -4.95. The van der Waals surface area contributed by atoms with Gasteiger partial charge in [-0.1, -0.05) is 30.3 Å². The monoisotopic (exact) mass is 485 g/mol. The number of nitrogens with one attached hydrogen (secondary N) is 1. The first-order chi connectivity index (χ1) is 15.8. The second kappa shape index (κ2) is 8.18. The van der Waals surface area contributed by atoms with E-state index < -0.39 is 35.6 Å². The van der Waals surface area contributed by atoms with Crippen LogP contribution in [0, 0.1) is 5.92 Å². The highest BCUT2D eigenvalue weighted by Crippen LogP contribution is 2.60. The fraction of sp³-hybridized carbons (Fsp3) is 0.458. The number of amides is 2. The van der Waals surface area contributed by atoms with Crippen molar-refractivity contribution in [2.24, 2.45) is 5.92 Å². The number of likely N-dealkylation sites (tertiary alicyclic amines) is 1. The zero-order chi connectivity index (χ0) is 25.1. The van der Waals surface area contributed by atoms with E-state index in [1.54, 1.807) is 4.90 Å². The van der Waals surface area contributed by atoms with Crippen LogP contribution in [0.5, 0.6) is 0 Å². The molecule has 4 rings (SSSR count). The van der Waals surface area contributed by atoms with E-state index in [-0.39, 0.29) is 29.1 Å². The SMILES string of the molecule is CN[C@@]12C[C@@H]1CN(C(=O)N(C)C(C)c1cc(C(F)(F)F)cc(C(F)(F)F)c1)[C@H]2c1ccccc1. The Labute approximate surface area is 193 Å². The van der Waals surface area contributed by atoms with E-state index in [2.05, 4.69) is 5.32 Å². The maximum atomic E-state index is 13.5. The molecule has 0 bridgehead atoms. The number of likely N-dealkylation sites (N-methyl/N-ethyl adjacent to an activating group) is 1. The van der Waals surface area contributed by atoms with Crippen molar-refractivity contribution in [1.82, 2.24) is 15.1 Å². The van der Waals surface area contributed by atoms with Crippen molar-refractivity contribution >= 4 is 6.03 Å². The van der Waals surface area contributed by atoms with Crippen LogP contribution in [0.4, 0.5) is 31.1 Å². The van der Waals surface area contributed by atoms with Crippen LogP contribution in [-0.4, -0.2) is 42.0 Å². The number of carbonyl (C=O) groups is 1. The second-order valence-electron chi connectivity index (χ2n) is 9.07. The van der Waals surface area contributed by atoms with E-state index >= 15 is 0 Å². The Morgan fingerprint density at radius 3 is 2.12 bits per heavy atom. The van der Waals surface area contributed by atoms with Gasteiger partial charge in [0.1, 0.15) is 0 Å². The Balaban J connectivity index is 1.66. The predicted molar refractivity (Wildman–Crippen MR) is 114 cm³/mol. The lowest BCUT2D eigenvalue weighted by atomic mass is 9.97. The summed E-state index contributed by atoms with van der Waals surface area (Å²) in [4.78, 5) is 16.4. The highest BCUT2D eigenvalue weighted by molar-refractivity contribution is 5.77. The van der Waals surface area contributed by atoms with Crippen molar-refractivity contribution in [1.29, 1.82) is 0 Å². The molecule has 4 atom stereocenters. The molecule has 1 unspecified atom stereocenters. The molecule has 4 nitrogen and oxygen atoms in total. The Morgan fingerprint density at radius 1 is 1.06 bits per heavy atom. The number of benzene rings is 2. The number of halogens is 6. The van der Waals surface area contributed by atoms with Gasteiger partial charge in [-0.2, -0.15) is 26.3 Å². The summed E-state index contributed by atoms with van der Waals surface area (Å²) in [6, 6.07) is 9.10. The minimum Gasteiger partial charge on any atom is -0.321 e. The molecule has 1 aliphatic carbocycles. The smallest absolute Gasteiger partial charge is 0.321 e. The fourth-order valence-electron chi connectivity index (χ4n) is 5.09. The van der Waals surface area contributed by atoms with Crippen LogP contribution in [0.1, 0.15) is 47.7 Å². The number of piperidine rings is 1. The average molecular weight is 485 g/mol. The standard InChI is InChI=1S/C24H25F6N3O/c1-14(16-9-17(23(25,26)27)11-18(10-16)24(28,29)30)32(3)21(34)33-13-19-12-22(19,31-2)20(33)15-7-5-4-6-8-15/h4-11,14,19-20,31H,12-13H2,1-3H3/t14?,19-,20+,22+/m1/s1. The van der Waals surface area contributed by atoms with Gasteiger partial charge in [-0.05, 0) is 55.6 Å². The number of rotatable bonds is 4. The van der Waals surface area contributed by atoms with Crippen molar-refractivity contribution in [3.05, 3.63) is 70.8 Å². The summed E-state index contributed by atoms with van der Waals surface area (Å²) in [6.07, 6.45) is -9.02. The lowest BCUT2D eigenvalue weighted by Crippen LogP contribution is -2.47. The number of hydrogen-bond donors (Lipinski definition) is 1. The van der Waals surface area contributed by atoms with Gasteiger partial charge in [-0.15, -0.1) is 0 Å². The predicted octanol–water partition coefficient (Wildman–Crippen LogP) is 5.87. The van der Waals surface area contributed by atoms with E-state index in [4.69, 9.17) is 0 Å². The van der Waals surface area contributed by atoms with Crippen molar-refractivity contribution in [3.63, 3.8) is 0 Å². The summed E-state index contributed by atoms with van der Waals surface area (Å²) in [5.41, 5.74) is -2.40. The zero-order valence-electron chi connectivity index (χ0n) is 18.8. The van der Waals surface area contributed by atoms with Gasteiger partial charge in [-0.3, -0.25) is 0 Å². The number of carbonyl (C=O) groups excluding carboxylic acids is 1. The van der Waals surface area contributed by atoms with Crippen molar-refractivity contribution in [2.75, 3.05) is 20.6 Å². The maximum Gasteiger partial charge on any atom is 0.416 e. The van der Waals surface area contributed by atoms with Gasteiger partial charge in [0.05, 0.1) is 23.2 Å². The molecule has 2 aliphatic rings. The summed E-state index contributed by atoms with van der Waals surface area (Å²) >= 11 is 0. The van der Waals surface area contributed by atoms with Gasteiger partial charge in [0.2, 0.25) is 0 Å². The van der Waals surface area contributed by atoms with Crippen molar-refractivity contribution in [3.8, 4) is 0 Å². The zero-order valence-corrected chi connectivity index (χ0v) is 18.8. The lowest BCUT2D eigenvalue weighted by molar-refractivity contribution is -0.143. The maximum absolute atomic E-state index is 13.5. The third-order valence-electron chi connectivity index (χ3n) is 7.17. The third-order valence-corrected chi connectivity index (χ3v) is 7.17. The number of alkyl halides is 6. The Bertz CT molecular complexity index is 1030. The molecule has 2 fully saturated rings. The van der Waals surface area contributed by atoms with Crippen LogP contribution in [0.15, 0.2) is 48.5 Å². The Hall–Kier alpha value is -2.75. The van der Waals surface area contributed by atoms with Gasteiger partial charge >= 0.3 is 18.4 Å². The minimum absolute atomic E-state index is 0.0914. The van der Waals surface area contributed by atoms with Gasteiger partial charge in [-0.25, -0.2) is 4.79 Å². The summed E-state index contributed by atoms with van der Waals surface area (Å²) in [6.45, 7) is 1.88. The molecule has 1 saturated carbocycles. The molecule has 2 aromatic rings. The van der Waals surface area contributed by atoms with Crippen LogP contribution in [0.2, 0.25) is 0 Å². The van der Waals surface area contributed by atoms with Gasteiger partial charge in [0.25, 0.3) is 0 Å². The molecule has 184 valence electrons. The molecule has 1 saturated heterocycles. The summed E-state index contributed by atoms with van der Waals surface area (Å²) < 4.78 is 79.9. The number of urea groups is 1. The van der Waals surface area contributed by atoms with E-state index in [9.17, 15) is 31.1 Å². The summed E-state index contributed by atoms with van der Waals surface area (Å²) in [7, 11) is 3.23. The van der Waals surface area contributed by atoms with Gasteiger partial charge in [0, 0.05) is 19.1 Å². The summed E-state index contributed by atoms with van der Waals surface area (Å²) in [5.74, 6) is 0.223. The lowest BCUT2D eigenvalue weighted by Gasteiger charge is -2.37. The molecule has 1 N–H and O–H groups in total. The number of nitrogens with zero attached hydrogens (tertiary/aromatic N) is 2. The average Bonchev–Trinajstić information content (AvgIpc) is 3.40. The Morgan fingerprint density at radius 2 is 1.62 bits per heavy atom. The molecule has 1 heterocycles. The van der Waals surface area contributed by atoms with Crippen LogP contribution in [0.3, 0.4) is 0 Å². The van der Waals surface area contributed by atoms with E-state index in [0.717, 1.165) is 12.0 Å². The molecule has 0 aromatic heterocycles. The van der Waals surface area contributed by atoms with E-state index in [1.807, 2.05) is 37.4 Å². The largest absolute Gasteiger partial charge is 0.416 e. The molecule has 2 amide bonds. The fourth-order valence-corrected chi connectivity index (χ4v) is 5.09.